The van der Waals surface area contributed by atoms with Crippen molar-refractivity contribution in [2.75, 3.05) is 6.61 Å². The van der Waals surface area contributed by atoms with Crippen LogP contribution in [-0.2, 0) is 11.2 Å². The molecule has 21 heavy (non-hydrogen) atoms. The first-order chi connectivity index (χ1) is 10.3. The third-order valence-electron chi connectivity index (χ3n) is 4.37. The number of carbonyl (C=O) groups excluding carboxylic acids is 1. The van der Waals surface area contributed by atoms with Crippen LogP contribution in [0.5, 0.6) is 0 Å². The van der Waals surface area contributed by atoms with Crippen LogP contribution in [0.2, 0.25) is 0 Å². The van der Waals surface area contributed by atoms with E-state index in [1.165, 1.54) is 0 Å². The molecule has 0 spiro atoms. The number of amides is 1. The molecule has 2 atom stereocenters. The van der Waals surface area contributed by atoms with Crippen LogP contribution in [-0.4, -0.2) is 33.9 Å². The fraction of sp³-hybridized carbons (Fsp3) is 0.500. The molecule has 3 rings (SSSR count). The zero-order valence-corrected chi connectivity index (χ0v) is 12.0. The second-order valence-electron chi connectivity index (χ2n) is 5.80. The molecule has 1 aliphatic carbocycles. The fourth-order valence-electron chi connectivity index (χ4n) is 3.18. The van der Waals surface area contributed by atoms with Crippen molar-refractivity contribution in [2.24, 2.45) is 5.92 Å². The third-order valence-corrected chi connectivity index (χ3v) is 4.37. The van der Waals surface area contributed by atoms with Gasteiger partial charge in [-0.3, -0.25) is 9.89 Å². The highest BCUT2D eigenvalue weighted by Gasteiger charge is 2.26. The van der Waals surface area contributed by atoms with Crippen LogP contribution in [0.1, 0.15) is 31.4 Å². The summed E-state index contributed by atoms with van der Waals surface area (Å²) in [7, 11) is 0. The lowest BCUT2D eigenvalue weighted by molar-refractivity contribution is -0.121. The van der Waals surface area contributed by atoms with Crippen LogP contribution in [0.3, 0.4) is 0 Å². The molecule has 2 unspecified atom stereocenters. The Morgan fingerprint density at radius 2 is 2.14 bits per heavy atom. The number of aromatic amines is 1. The summed E-state index contributed by atoms with van der Waals surface area (Å²) >= 11 is 0. The number of aliphatic hydroxyl groups excluding tert-OH is 1. The summed E-state index contributed by atoms with van der Waals surface area (Å²) in [6.45, 7) is 0.151. The molecule has 3 N–H and O–H groups in total. The van der Waals surface area contributed by atoms with Crippen LogP contribution in [0, 0.1) is 5.92 Å². The summed E-state index contributed by atoms with van der Waals surface area (Å²) in [6.07, 6.45) is 4.52. The van der Waals surface area contributed by atoms with Crippen molar-refractivity contribution < 1.29 is 9.90 Å². The highest BCUT2D eigenvalue weighted by molar-refractivity contribution is 5.87. The lowest BCUT2D eigenvalue weighted by atomic mass is 9.85. The average Bonchev–Trinajstić information content (AvgIpc) is 2.91. The van der Waals surface area contributed by atoms with E-state index >= 15 is 0 Å². The van der Waals surface area contributed by atoms with E-state index in [9.17, 15) is 9.90 Å². The quantitative estimate of drug-likeness (QED) is 0.802. The molecular weight excluding hydrogens is 266 g/mol. The molecule has 1 aromatic heterocycles. The molecule has 0 radical (unpaired) electrons. The van der Waals surface area contributed by atoms with Gasteiger partial charge in [-0.1, -0.05) is 31.0 Å². The maximum Gasteiger partial charge on any atom is 0.226 e. The second-order valence-corrected chi connectivity index (χ2v) is 5.80. The summed E-state index contributed by atoms with van der Waals surface area (Å²) in [5.74, 6) is 0.191. The lowest BCUT2D eigenvalue weighted by Crippen LogP contribution is -2.44. The van der Waals surface area contributed by atoms with E-state index in [2.05, 4.69) is 15.5 Å². The number of hydrogen-bond donors (Lipinski definition) is 3. The Labute approximate surface area is 123 Å². The molecule has 1 aliphatic rings. The highest BCUT2D eigenvalue weighted by atomic mass is 16.3. The summed E-state index contributed by atoms with van der Waals surface area (Å²) in [5.41, 5.74) is 1.73. The minimum absolute atomic E-state index is 0.00486. The Hall–Kier alpha value is -1.88. The Balaban J connectivity index is 1.66. The summed E-state index contributed by atoms with van der Waals surface area (Å²) < 4.78 is 0. The van der Waals surface area contributed by atoms with E-state index in [1.807, 2.05) is 24.3 Å². The third kappa shape index (κ3) is 3.08. The number of benzene rings is 1. The maximum atomic E-state index is 12.2. The molecule has 112 valence electrons. The van der Waals surface area contributed by atoms with E-state index < -0.39 is 0 Å². The number of aliphatic hydroxyl groups is 1. The van der Waals surface area contributed by atoms with Gasteiger partial charge in [0.25, 0.3) is 0 Å². The van der Waals surface area contributed by atoms with Crippen molar-refractivity contribution >= 4 is 16.8 Å². The molecule has 2 aromatic rings. The number of para-hydroxylation sites is 1. The normalized spacial score (nSPS) is 22.3. The topological polar surface area (TPSA) is 78.0 Å². The summed E-state index contributed by atoms with van der Waals surface area (Å²) in [4.78, 5) is 12.2. The largest absolute Gasteiger partial charge is 0.396 e. The van der Waals surface area contributed by atoms with Crippen LogP contribution in [0.15, 0.2) is 24.3 Å². The van der Waals surface area contributed by atoms with Crippen molar-refractivity contribution in [3.05, 3.63) is 30.0 Å². The molecule has 1 aromatic carbocycles. The molecule has 0 aliphatic heterocycles. The maximum absolute atomic E-state index is 12.2. The summed E-state index contributed by atoms with van der Waals surface area (Å²) in [6, 6.07) is 7.88. The van der Waals surface area contributed by atoms with Gasteiger partial charge in [-0.2, -0.15) is 5.10 Å². The number of rotatable bonds is 4. The molecule has 1 heterocycles. The molecule has 5 heteroatoms. The minimum atomic E-state index is -0.00486. The molecule has 0 bridgehead atoms. The summed E-state index contributed by atoms with van der Waals surface area (Å²) in [5, 5.41) is 20.6. The van der Waals surface area contributed by atoms with Gasteiger partial charge in [0.15, 0.2) is 0 Å². The molecule has 1 amide bonds. The van der Waals surface area contributed by atoms with E-state index in [0.717, 1.165) is 42.3 Å². The Morgan fingerprint density at radius 1 is 1.33 bits per heavy atom. The van der Waals surface area contributed by atoms with Gasteiger partial charge in [-0.25, -0.2) is 0 Å². The second kappa shape index (κ2) is 6.26. The molecule has 1 saturated carbocycles. The monoisotopic (exact) mass is 287 g/mol. The average molecular weight is 287 g/mol. The first-order valence-corrected chi connectivity index (χ1v) is 7.60. The van der Waals surface area contributed by atoms with E-state index in [4.69, 9.17) is 0 Å². The predicted molar refractivity (Wildman–Crippen MR) is 80.8 cm³/mol. The van der Waals surface area contributed by atoms with Gasteiger partial charge in [0, 0.05) is 24.0 Å². The minimum Gasteiger partial charge on any atom is -0.396 e. The van der Waals surface area contributed by atoms with Gasteiger partial charge in [-0.15, -0.1) is 0 Å². The zero-order chi connectivity index (χ0) is 14.7. The number of H-pyrrole nitrogens is 1. The molecular formula is C16H21N3O2. The van der Waals surface area contributed by atoms with Crippen molar-refractivity contribution in [1.82, 2.24) is 15.5 Å². The first kappa shape index (κ1) is 14.1. The smallest absolute Gasteiger partial charge is 0.226 e. The van der Waals surface area contributed by atoms with Crippen LogP contribution < -0.4 is 5.32 Å². The Morgan fingerprint density at radius 3 is 3.00 bits per heavy atom. The van der Waals surface area contributed by atoms with Gasteiger partial charge in [0.1, 0.15) is 0 Å². The molecule has 0 saturated heterocycles. The van der Waals surface area contributed by atoms with Crippen molar-refractivity contribution in [3.8, 4) is 0 Å². The number of carbonyl (C=O) groups is 1. The number of hydrogen-bond acceptors (Lipinski definition) is 3. The van der Waals surface area contributed by atoms with Crippen LogP contribution >= 0.6 is 0 Å². The van der Waals surface area contributed by atoms with Gasteiger partial charge >= 0.3 is 0 Å². The lowest BCUT2D eigenvalue weighted by Gasteiger charge is -2.30. The van der Waals surface area contributed by atoms with Gasteiger partial charge in [0.05, 0.1) is 17.6 Å². The number of nitrogens with zero attached hydrogens (tertiary/aromatic N) is 1. The van der Waals surface area contributed by atoms with Crippen molar-refractivity contribution in [1.29, 1.82) is 0 Å². The Kier molecular flexibility index (Phi) is 4.20. The highest BCUT2D eigenvalue weighted by Crippen LogP contribution is 2.24. The first-order valence-electron chi connectivity index (χ1n) is 7.60. The molecule has 1 fully saturated rings. The zero-order valence-electron chi connectivity index (χ0n) is 12.0. The Bertz CT molecular complexity index is 623. The van der Waals surface area contributed by atoms with Gasteiger partial charge in [-0.05, 0) is 18.9 Å². The van der Waals surface area contributed by atoms with Crippen LogP contribution in [0.25, 0.3) is 10.9 Å². The van der Waals surface area contributed by atoms with E-state index in [1.54, 1.807) is 0 Å². The van der Waals surface area contributed by atoms with Gasteiger partial charge < -0.3 is 10.4 Å². The van der Waals surface area contributed by atoms with Gasteiger partial charge in [0.2, 0.25) is 5.91 Å². The van der Waals surface area contributed by atoms with E-state index in [0.29, 0.717) is 6.42 Å². The number of aromatic nitrogens is 2. The molecule has 5 nitrogen and oxygen atoms in total. The van der Waals surface area contributed by atoms with E-state index in [-0.39, 0.29) is 24.5 Å². The van der Waals surface area contributed by atoms with Crippen molar-refractivity contribution in [3.63, 3.8) is 0 Å². The predicted octanol–water partition coefficient (Wildman–Crippen LogP) is 1.77. The van der Waals surface area contributed by atoms with Crippen molar-refractivity contribution in [2.45, 2.75) is 38.1 Å². The fourth-order valence-corrected chi connectivity index (χ4v) is 3.18. The van der Waals surface area contributed by atoms with Crippen LogP contribution in [0.4, 0.5) is 0 Å². The number of nitrogens with one attached hydrogen (secondary N) is 2. The SMILES string of the molecule is O=C(Cc1[nH]nc2ccccc12)NC1CCCCC1CO. The number of fused-ring (bicyclic) bond motifs is 1. The standard InChI is InChI=1S/C16H21N3O2/c20-10-11-5-1-3-7-13(11)17-16(21)9-15-12-6-2-4-8-14(12)18-19-15/h2,4,6,8,11,13,20H,1,3,5,7,9-10H2,(H,17,21)(H,18,19).